The van der Waals surface area contributed by atoms with E-state index in [1.165, 1.54) is 24.3 Å². The average molecular weight is 374 g/mol. The van der Waals surface area contributed by atoms with E-state index in [0.29, 0.717) is 12.5 Å². The molecule has 140 valence electrons. The number of carbonyl (C=O) groups is 2. The van der Waals surface area contributed by atoms with Gasteiger partial charge in [-0.1, -0.05) is 30.3 Å². The Hall–Kier alpha value is -1.53. The highest BCUT2D eigenvalue weighted by Crippen LogP contribution is 2.35. The summed E-state index contributed by atoms with van der Waals surface area (Å²) < 4.78 is 0. The first kappa shape index (κ1) is 17.9. The summed E-state index contributed by atoms with van der Waals surface area (Å²) in [7, 11) is 0. The van der Waals surface area contributed by atoms with Crippen LogP contribution in [0.4, 0.5) is 4.79 Å². The summed E-state index contributed by atoms with van der Waals surface area (Å²) in [5.74, 6) is 2.56. The van der Waals surface area contributed by atoms with Crippen LogP contribution in [0.1, 0.15) is 31.2 Å². The number of nitrogens with one attached hydrogen (secondary N) is 2. The molecule has 0 bridgehead atoms. The molecule has 4 rings (SSSR count). The van der Waals surface area contributed by atoms with Crippen LogP contribution in [0.5, 0.6) is 0 Å². The van der Waals surface area contributed by atoms with Crippen LogP contribution in [-0.4, -0.2) is 53.0 Å². The molecule has 1 unspecified atom stereocenters. The van der Waals surface area contributed by atoms with Crippen molar-refractivity contribution in [1.82, 2.24) is 15.5 Å². The van der Waals surface area contributed by atoms with Crippen molar-refractivity contribution >= 4 is 23.7 Å². The van der Waals surface area contributed by atoms with E-state index < -0.39 is 5.54 Å². The van der Waals surface area contributed by atoms with E-state index in [2.05, 4.69) is 27.3 Å². The Bertz CT molecular complexity index is 654. The third kappa shape index (κ3) is 3.49. The second-order valence-electron chi connectivity index (χ2n) is 7.70. The van der Waals surface area contributed by atoms with Gasteiger partial charge in [-0.3, -0.25) is 10.1 Å². The Balaban J connectivity index is 1.49. The first-order valence-corrected chi connectivity index (χ1v) is 10.8. The normalized spacial score (nSPS) is 28.8. The molecule has 3 aliphatic rings. The predicted molar refractivity (Wildman–Crippen MR) is 104 cm³/mol. The average Bonchev–Trinajstić information content (AvgIpc) is 2.97. The van der Waals surface area contributed by atoms with Crippen molar-refractivity contribution in [1.29, 1.82) is 0 Å². The number of hydrogen-bond acceptors (Lipinski definition) is 4. The topological polar surface area (TPSA) is 61.4 Å². The number of urea groups is 1. The monoisotopic (exact) mass is 373 g/mol. The van der Waals surface area contributed by atoms with E-state index >= 15 is 0 Å². The summed E-state index contributed by atoms with van der Waals surface area (Å²) in [4.78, 5) is 27.4. The van der Waals surface area contributed by atoms with E-state index in [-0.39, 0.29) is 17.9 Å². The molecule has 3 aliphatic heterocycles. The van der Waals surface area contributed by atoms with E-state index in [1.807, 2.05) is 30.3 Å². The second kappa shape index (κ2) is 7.61. The zero-order chi connectivity index (χ0) is 18.0. The maximum Gasteiger partial charge on any atom is 0.322 e. The molecule has 3 fully saturated rings. The van der Waals surface area contributed by atoms with Gasteiger partial charge in [0.05, 0.1) is 0 Å². The number of benzene rings is 1. The summed E-state index contributed by atoms with van der Waals surface area (Å²) in [6.45, 7) is 2.05. The van der Waals surface area contributed by atoms with Gasteiger partial charge >= 0.3 is 6.03 Å². The van der Waals surface area contributed by atoms with Crippen molar-refractivity contribution in [3.05, 3.63) is 35.9 Å². The molecule has 1 aromatic rings. The summed E-state index contributed by atoms with van der Waals surface area (Å²) >= 11 is 2.06. The third-order valence-corrected chi connectivity index (χ3v) is 7.28. The molecule has 3 amide bonds. The number of hydrogen-bond donors (Lipinski definition) is 2. The highest BCUT2D eigenvalue weighted by molar-refractivity contribution is 7.99. The molecule has 0 aliphatic carbocycles. The van der Waals surface area contributed by atoms with Gasteiger partial charge in [-0.25, -0.2) is 4.79 Å². The Labute approximate surface area is 159 Å². The van der Waals surface area contributed by atoms with Gasteiger partial charge < -0.3 is 10.2 Å². The van der Waals surface area contributed by atoms with Gasteiger partial charge in [-0.05, 0) is 61.8 Å². The molecule has 1 aromatic carbocycles. The van der Waals surface area contributed by atoms with Crippen molar-refractivity contribution < 1.29 is 9.59 Å². The lowest BCUT2D eigenvalue weighted by Gasteiger charge is -2.44. The number of nitrogens with zero attached hydrogens (tertiary/aromatic N) is 1. The minimum atomic E-state index is -0.799. The number of piperidine rings is 1. The molecular weight excluding hydrogens is 346 g/mol. The van der Waals surface area contributed by atoms with Crippen molar-refractivity contribution in [2.45, 2.75) is 43.7 Å². The smallest absolute Gasteiger partial charge is 0.322 e. The maximum atomic E-state index is 12.8. The highest BCUT2D eigenvalue weighted by atomic mass is 32.2. The molecule has 3 heterocycles. The largest absolute Gasteiger partial charge is 0.323 e. The van der Waals surface area contributed by atoms with Crippen LogP contribution in [0.25, 0.3) is 0 Å². The summed E-state index contributed by atoms with van der Waals surface area (Å²) in [5.41, 5.74) is 0.295. The van der Waals surface area contributed by atoms with Crippen LogP contribution in [-0.2, 0) is 11.2 Å². The minimum absolute atomic E-state index is 0.154. The molecule has 3 saturated heterocycles. The first-order chi connectivity index (χ1) is 12.7. The molecule has 0 radical (unpaired) electrons. The third-order valence-electron chi connectivity index (χ3n) is 6.23. The Morgan fingerprint density at radius 2 is 1.73 bits per heavy atom. The molecule has 0 aromatic heterocycles. The van der Waals surface area contributed by atoms with Crippen molar-refractivity contribution in [2.75, 3.05) is 24.6 Å². The number of rotatable bonds is 4. The highest BCUT2D eigenvalue weighted by Gasteiger charge is 2.52. The van der Waals surface area contributed by atoms with Gasteiger partial charge in [0, 0.05) is 12.5 Å². The zero-order valence-corrected chi connectivity index (χ0v) is 15.9. The molecule has 6 heteroatoms. The lowest BCUT2D eigenvalue weighted by atomic mass is 9.74. The van der Waals surface area contributed by atoms with Crippen molar-refractivity contribution in [3.63, 3.8) is 0 Å². The lowest BCUT2D eigenvalue weighted by molar-refractivity contribution is -0.126. The maximum absolute atomic E-state index is 12.8. The number of likely N-dealkylation sites (tertiary alicyclic amines) is 1. The number of amides is 3. The van der Waals surface area contributed by atoms with Gasteiger partial charge in [0.1, 0.15) is 5.54 Å². The number of imide groups is 1. The second-order valence-corrected chi connectivity index (χ2v) is 8.92. The fourth-order valence-corrected chi connectivity index (χ4v) is 5.87. The van der Waals surface area contributed by atoms with Crippen LogP contribution < -0.4 is 10.6 Å². The van der Waals surface area contributed by atoms with Crippen LogP contribution in [0.15, 0.2) is 30.3 Å². The van der Waals surface area contributed by atoms with Gasteiger partial charge in [0.2, 0.25) is 0 Å². The molecule has 0 saturated carbocycles. The predicted octanol–water partition coefficient (Wildman–Crippen LogP) is 2.41. The molecule has 26 heavy (non-hydrogen) atoms. The first-order valence-electron chi connectivity index (χ1n) is 9.67. The summed E-state index contributed by atoms with van der Waals surface area (Å²) in [6, 6.07) is 10.4. The quantitative estimate of drug-likeness (QED) is 0.796. The number of carbonyl (C=O) groups excluding carboxylic acids is 2. The van der Waals surface area contributed by atoms with E-state index in [1.54, 1.807) is 0 Å². The summed E-state index contributed by atoms with van der Waals surface area (Å²) in [6.07, 6.45) is 5.05. The van der Waals surface area contributed by atoms with E-state index in [9.17, 15) is 9.59 Å². The molecular formula is C20H27N3O2S. The van der Waals surface area contributed by atoms with Crippen molar-refractivity contribution in [2.24, 2.45) is 5.92 Å². The van der Waals surface area contributed by atoms with Gasteiger partial charge in [0.15, 0.2) is 0 Å². The van der Waals surface area contributed by atoms with Crippen LogP contribution in [0.3, 0.4) is 0 Å². The van der Waals surface area contributed by atoms with Crippen molar-refractivity contribution in [3.8, 4) is 0 Å². The van der Waals surface area contributed by atoms with Gasteiger partial charge in [-0.15, -0.1) is 0 Å². The van der Waals surface area contributed by atoms with Gasteiger partial charge in [0.25, 0.3) is 5.91 Å². The molecule has 1 atom stereocenters. The minimum Gasteiger partial charge on any atom is -0.323 e. The van der Waals surface area contributed by atoms with E-state index in [0.717, 1.165) is 31.5 Å². The van der Waals surface area contributed by atoms with Crippen LogP contribution in [0, 0.1) is 5.92 Å². The van der Waals surface area contributed by atoms with Gasteiger partial charge in [-0.2, -0.15) is 11.8 Å². The Kier molecular flexibility index (Phi) is 5.23. The Morgan fingerprint density at radius 3 is 2.35 bits per heavy atom. The molecule has 5 nitrogen and oxygen atoms in total. The van der Waals surface area contributed by atoms with E-state index in [4.69, 9.17) is 0 Å². The standard InChI is InChI=1S/C20H27N3O2S/c24-18-20(22-19(25)21-18,14-15-4-2-1-3-5-15)16-6-10-23(11-7-16)17-8-12-26-13-9-17/h1-5,16-17H,6-14H2,(H2,21,22,24,25). The SMILES string of the molecule is O=C1NC(=O)C(Cc2ccccc2)(C2CCN(C3CCSCC3)CC2)N1. The zero-order valence-electron chi connectivity index (χ0n) is 15.1. The number of thioether (sulfide) groups is 1. The lowest BCUT2D eigenvalue weighted by Crippen LogP contribution is -2.58. The molecule has 0 spiro atoms. The molecule has 2 N–H and O–H groups in total. The fraction of sp³-hybridized carbons (Fsp3) is 0.600. The van der Waals surface area contributed by atoms with Crippen LogP contribution >= 0.6 is 11.8 Å². The Morgan fingerprint density at radius 1 is 1.04 bits per heavy atom. The fourth-order valence-electron chi connectivity index (χ4n) is 4.79. The van der Waals surface area contributed by atoms with Crippen LogP contribution in [0.2, 0.25) is 0 Å². The summed E-state index contributed by atoms with van der Waals surface area (Å²) in [5, 5.41) is 5.50.